The molecule has 0 aliphatic rings. The van der Waals surface area contributed by atoms with Crippen molar-refractivity contribution >= 4 is 17.4 Å². The second kappa shape index (κ2) is 8.90. The Bertz CT molecular complexity index is 955. The molecule has 0 saturated carbocycles. The van der Waals surface area contributed by atoms with Crippen LogP contribution < -0.4 is 20.1 Å². The van der Waals surface area contributed by atoms with E-state index in [4.69, 9.17) is 9.47 Å². The first-order valence-corrected chi connectivity index (χ1v) is 8.88. The molecule has 0 fully saturated rings. The van der Waals surface area contributed by atoms with Crippen LogP contribution in [0.4, 0.5) is 11.5 Å². The number of carbonyl (C=O) groups is 1. The van der Waals surface area contributed by atoms with Gasteiger partial charge in [0.15, 0.2) is 11.5 Å². The van der Waals surface area contributed by atoms with Gasteiger partial charge < -0.3 is 20.1 Å². The maximum Gasteiger partial charge on any atom is 0.251 e. The molecule has 1 amide bonds. The number of nitrogens with one attached hydrogen (secondary N) is 2. The summed E-state index contributed by atoms with van der Waals surface area (Å²) in [4.78, 5) is 16.8. The lowest BCUT2D eigenvalue weighted by molar-refractivity contribution is 0.0951. The van der Waals surface area contributed by atoms with E-state index in [0.717, 1.165) is 11.3 Å². The average molecular weight is 377 g/mol. The number of aromatic nitrogens is 1. The van der Waals surface area contributed by atoms with Crippen LogP contribution in [-0.4, -0.2) is 25.1 Å². The maximum absolute atomic E-state index is 12.5. The minimum absolute atomic E-state index is 0.177. The molecule has 0 spiro atoms. The highest BCUT2D eigenvalue weighted by Gasteiger charge is 2.09. The quantitative estimate of drug-likeness (QED) is 0.649. The van der Waals surface area contributed by atoms with Crippen LogP contribution in [0, 0.1) is 6.92 Å². The summed E-state index contributed by atoms with van der Waals surface area (Å²) in [5.74, 6) is 1.72. The van der Waals surface area contributed by atoms with E-state index >= 15 is 0 Å². The lowest BCUT2D eigenvalue weighted by Gasteiger charge is -2.11. The van der Waals surface area contributed by atoms with Crippen molar-refractivity contribution in [1.29, 1.82) is 0 Å². The summed E-state index contributed by atoms with van der Waals surface area (Å²) in [5.41, 5.74) is 3.55. The molecular formula is C22H23N3O3. The monoisotopic (exact) mass is 377 g/mol. The molecule has 1 heterocycles. The van der Waals surface area contributed by atoms with E-state index in [-0.39, 0.29) is 5.91 Å². The van der Waals surface area contributed by atoms with E-state index in [9.17, 15) is 4.79 Å². The van der Waals surface area contributed by atoms with Gasteiger partial charge in [0.05, 0.1) is 14.2 Å². The number of carbonyl (C=O) groups excluding carboxylic acids is 1. The highest BCUT2D eigenvalue weighted by molar-refractivity contribution is 5.94. The second-order valence-electron chi connectivity index (χ2n) is 6.29. The average Bonchev–Trinajstić information content (AvgIpc) is 2.73. The predicted octanol–water partition coefficient (Wildman–Crippen LogP) is 4.08. The third kappa shape index (κ3) is 4.79. The van der Waals surface area contributed by atoms with E-state index < -0.39 is 0 Å². The molecule has 2 aromatic carbocycles. The van der Waals surface area contributed by atoms with Crippen LogP contribution in [0.15, 0.2) is 60.8 Å². The van der Waals surface area contributed by atoms with Crippen LogP contribution in [0.1, 0.15) is 21.5 Å². The Hall–Kier alpha value is -3.54. The minimum atomic E-state index is -0.177. The fourth-order valence-corrected chi connectivity index (χ4v) is 2.70. The number of aryl methyl sites for hydroxylation is 1. The Kier molecular flexibility index (Phi) is 6.11. The van der Waals surface area contributed by atoms with Gasteiger partial charge in [-0.05, 0) is 48.9 Å². The van der Waals surface area contributed by atoms with E-state index in [0.29, 0.717) is 29.4 Å². The number of benzene rings is 2. The largest absolute Gasteiger partial charge is 0.493 e. The molecule has 3 aromatic rings. The number of rotatable bonds is 7. The Morgan fingerprint density at radius 3 is 2.43 bits per heavy atom. The summed E-state index contributed by atoms with van der Waals surface area (Å²) in [7, 11) is 3.17. The summed E-state index contributed by atoms with van der Waals surface area (Å²) in [6.45, 7) is 2.41. The van der Waals surface area contributed by atoms with Gasteiger partial charge >= 0.3 is 0 Å². The van der Waals surface area contributed by atoms with Gasteiger partial charge in [-0.3, -0.25) is 4.79 Å². The Morgan fingerprint density at radius 2 is 1.71 bits per heavy atom. The molecule has 0 unspecified atom stereocenters. The first kappa shape index (κ1) is 19.2. The summed E-state index contributed by atoms with van der Waals surface area (Å²) < 4.78 is 10.5. The molecule has 6 heteroatoms. The first-order valence-electron chi connectivity index (χ1n) is 8.88. The van der Waals surface area contributed by atoms with Crippen LogP contribution in [-0.2, 0) is 6.54 Å². The molecule has 0 aliphatic carbocycles. The van der Waals surface area contributed by atoms with Crippen molar-refractivity contribution in [3.8, 4) is 11.5 Å². The molecule has 28 heavy (non-hydrogen) atoms. The van der Waals surface area contributed by atoms with Crippen LogP contribution in [0.5, 0.6) is 11.5 Å². The van der Waals surface area contributed by atoms with Crippen molar-refractivity contribution in [3.05, 3.63) is 77.5 Å². The second-order valence-corrected chi connectivity index (χ2v) is 6.29. The minimum Gasteiger partial charge on any atom is -0.493 e. The first-order chi connectivity index (χ1) is 13.6. The molecule has 0 saturated heterocycles. The van der Waals surface area contributed by atoms with Gasteiger partial charge in [0.25, 0.3) is 5.91 Å². The van der Waals surface area contributed by atoms with Gasteiger partial charge in [0, 0.05) is 24.0 Å². The molecule has 1 aromatic heterocycles. The van der Waals surface area contributed by atoms with E-state index in [1.54, 1.807) is 32.5 Å². The highest BCUT2D eigenvalue weighted by atomic mass is 16.5. The molecule has 6 nitrogen and oxygen atoms in total. The number of ether oxygens (including phenoxy) is 2. The van der Waals surface area contributed by atoms with Crippen LogP contribution in [0.25, 0.3) is 0 Å². The number of hydrogen-bond acceptors (Lipinski definition) is 5. The zero-order chi connectivity index (χ0) is 19.9. The number of anilines is 2. The summed E-state index contributed by atoms with van der Waals surface area (Å²) in [6.07, 6.45) is 1.61. The van der Waals surface area contributed by atoms with Gasteiger partial charge in [-0.15, -0.1) is 0 Å². The molecule has 0 radical (unpaired) electrons. The predicted molar refractivity (Wildman–Crippen MR) is 109 cm³/mol. The van der Waals surface area contributed by atoms with Crippen molar-refractivity contribution in [1.82, 2.24) is 10.3 Å². The van der Waals surface area contributed by atoms with Crippen LogP contribution in [0.3, 0.4) is 0 Å². The topological polar surface area (TPSA) is 72.5 Å². The Balaban J connectivity index is 1.65. The van der Waals surface area contributed by atoms with Crippen molar-refractivity contribution in [2.45, 2.75) is 13.5 Å². The Labute approximate surface area is 164 Å². The zero-order valence-electron chi connectivity index (χ0n) is 16.2. The van der Waals surface area contributed by atoms with Gasteiger partial charge in [-0.25, -0.2) is 4.98 Å². The number of amides is 1. The van der Waals surface area contributed by atoms with Gasteiger partial charge in [0.1, 0.15) is 5.82 Å². The SMILES string of the molecule is COc1ccc(CNC(=O)c2ccnc(Nc3ccc(C)cc3)c2)cc1OC. The highest BCUT2D eigenvalue weighted by Crippen LogP contribution is 2.27. The summed E-state index contributed by atoms with van der Waals surface area (Å²) in [5, 5.41) is 6.12. The number of hydrogen-bond donors (Lipinski definition) is 2. The van der Waals surface area contributed by atoms with Crippen molar-refractivity contribution < 1.29 is 14.3 Å². The summed E-state index contributed by atoms with van der Waals surface area (Å²) >= 11 is 0. The van der Waals surface area contributed by atoms with Gasteiger partial charge in [0.2, 0.25) is 0 Å². The lowest BCUT2D eigenvalue weighted by atomic mass is 10.2. The zero-order valence-corrected chi connectivity index (χ0v) is 16.2. The molecule has 0 aliphatic heterocycles. The van der Waals surface area contributed by atoms with Crippen molar-refractivity contribution in [2.24, 2.45) is 0 Å². The third-order valence-corrected chi connectivity index (χ3v) is 4.25. The molecule has 3 rings (SSSR count). The van der Waals surface area contributed by atoms with E-state index in [1.165, 1.54) is 5.56 Å². The molecular weight excluding hydrogens is 354 g/mol. The number of methoxy groups -OCH3 is 2. The summed E-state index contributed by atoms with van der Waals surface area (Å²) in [6, 6.07) is 16.9. The van der Waals surface area contributed by atoms with Gasteiger partial charge in [-0.2, -0.15) is 0 Å². The van der Waals surface area contributed by atoms with E-state index in [1.807, 2.05) is 49.4 Å². The normalized spacial score (nSPS) is 10.2. The lowest BCUT2D eigenvalue weighted by Crippen LogP contribution is -2.23. The smallest absolute Gasteiger partial charge is 0.251 e. The van der Waals surface area contributed by atoms with Crippen LogP contribution >= 0.6 is 0 Å². The van der Waals surface area contributed by atoms with E-state index in [2.05, 4.69) is 15.6 Å². The molecule has 2 N–H and O–H groups in total. The third-order valence-electron chi connectivity index (χ3n) is 4.25. The standard InChI is InChI=1S/C22H23N3O3/c1-15-4-7-18(8-5-15)25-21-13-17(10-11-23-21)22(26)24-14-16-6-9-19(27-2)20(12-16)28-3/h4-13H,14H2,1-3H3,(H,23,25)(H,24,26). The molecule has 0 atom stereocenters. The maximum atomic E-state index is 12.5. The Morgan fingerprint density at radius 1 is 0.964 bits per heavy atom. The van der Waals surface area contributed by atoms with Crippen LogP contribution in [0.2, 0.25) is 0 Å². The van der Waals surface area contributed by atoms with Gasteiger partial charge in [-0.1, -0.05) is 23.8 Å². The number of nitrogens with zero attached hydrogens (tertiary/aromatic N) is 1. The van der Waals surface area contributed by atoms with Crippen molar-refractivity contribution in [2.75, 3.05) is 19.5 Å². The fourth-order valence-electron chi connectivity index (χ4n) is 2.70. The fraction of sp³-hybridized carbons (Fsp3) is 0.182. The van der Waals surface area contributed by atoms with Crippen molar-refractivity contribution in [3.63, 3.8) is 0 Å². The number of pyridine rings is 1. The molecule has 144 valence electrons. The molecule has 0 bridgehead atoms.